The van der Waals surface area contributed by atoms with Crippen LogP contribution in [0.1, 0.15) is 0 Å². The van der Waals surface area contributed by atoms with Crippen LogP contribution in [0.25, 0.3) is 0 Å². The molecule has 0 heterocycles. The van der Waals surface area contributed by atoms with Gasteiger partial charge >= 0.3 is 18.0 Å². The Morgan fingerprint density at radius 2 is 1.75 bits per heavy atom. The number of hydrogen-bond donors (Lipinski definition) is 3. The van der Waals surface area contributed by atoms with E-state index < -0.39 is 31.1 Å². The first-order valence-corrected chi connectivity index (χ1v) is 6.41. The fourth-order valence-electron chi connectivity index (χ4n) is 1.30. The number of nitrogens with one attached hydrogen (secondary N) is 1. The zero-order chi connectivity index (χ0) is 15.3. The number of carboxylic acid groups (broad SMARTS) is 2. The van der Waals surface area contributed by atoms with Gasteiger partial charge in [-0.3, -0.25) is 9.59 Å². The molecule has 1 aromatic carbocycles. The van der Waals surface area contributed by atoms with Crippen molar-refractivity contribution in [1.82, 2.24) is 4.90 Å². The number of carboxylic acids is 2. The molecule has 9 heteroatoms. The Morgan fingerprint density at radius 3 is 2.20 bits per heavy atom. The van der Waals surface area contributed by atoms with Crippen molar-refractivity contribution < 1.29 is 24.6 Å². The van der Waals surface area contributed by atoms with Gasteiger partial charge < -0.3 is 20.4 Å². The molecule has 3 N–H and O–H groups in total. The van der Waals surface area contributed by atoms with Gasteiger partial charge in [-0.05, 0) is 34.1 Å². The average molecular weight is 366 g/mol. The number of rotatable bonds is 5. The first-order chi connectivity index (χ1) is 9.29. The summed E-state index contributed by atoms with van der Waals surface area (Å²) in [6, 6.07) is 3.72. The molecule has 108 valence electrons. The second-order valence-electron chi connectivity index (χ2n) is 3.70. The van der Waals surface area contributed by atoms with Crippen LogP contribution in [0.4, 0.5) is 10.5 Å². The van der Waals surface area contributed by atoms with Crippen LogP contribution >= 0.6 is 27.5 Å². The van der Waals surface area contributed by atoms with Gasteiger partial charge in [-0.15, -0.1) is 0 Å². The lowest BCUT2D eigenvalue weighted by molar-refractivity contribution is -0.140. The molecule has 0 aliphatic carbocycles. The Morgan fingerprint density at radius 1 is 1.20 bits per heavy atom. The molecule has 7 nitrogen and oxygen atoms in total. The van der Waals surface area contributed by atoms with Crippen LogP contribution in [-0.4, -0.2) is 46.2 Å². The van der Waals surface area contributed by atoms with Gasteiger partial charge in [-0.25, -0.2) is 4.79 Å². The number of aliphatic carboxylic acids is 2. The fraction of sp³-hybridized carbons (Fsp3) is 0.182. The second-order valence-corrected chi connectivity index (χ2v) is 4.96. The van der Waals surface area contributed by atoms with E-state index in [0.717, 1.165) is 0 Å². The van der Waals surface area contributed by atoms with Gasteiger partial charge in [-0.1, -0.05) is 11.6 Å². The number of urea groups is 1. The van der Waals surface area contributed by atoms with Crippen molar-refractivity contribution in [3.8, 4) is 0 Å². The standard InChI is InChI=1S/C11H10BrClN2O5/c12-7-3-6(1-2-8(7)13)14-11(20)15(4-9(16)17)5-10(18)19/h1-3H,4-5H2,(H,14,20)(H,16,17)(H,18,19). The lowest BCUT2D eigenvalue weighted by Gasteiger charge is -2.19. The zero-order valence-corrected chi connectivity index (χ0v) is 12.3. The highest BCUT2D eigenvalue weighted by molar-refractivity contribution is 9.10. The van der Waals surface area contributed by atoms with Crippen molar-refractivity contribution in [1.29, 1.82) is 0 Å². The van der Waals surface area contributed by atoms with Gasteiger partial charge in [0.15, 0.2) is 0 Å². The summed E-state index contributed by atoms with van der Waals surface area (Å²) in [5.74, 6) is -2.61. The number of hydrogen-bond acceptors (Lipinski definition) is 3. The van der Waals surface area contributed by atoms with Crippen LogP contribution in [0.2, 0.25) is 5.02 Å². The van der Waals surface area contributed by atoms with Crippen molar-refractivity contribution in [2.45, 2.75) is 0 Å². The van der Waals surface area contributed by atoms with Crippen molar-refractivity contribution >= 4 is 51.2 Å². The number of carbonyl (C=O) groups excluding carboxylic acids is 1. The highest BCUT2D eigenvalue weighted by atomic mass is 79.9. The third-order valence-electron chi connectivity index (χ3n) is 2.11. The fourth-order valence-corrected chi connectivity index (χ4v) is 1.80. The van der Waals surface area contributed by atoms with E-state index in [1.54, 1.807) is 0 Å². The molecule has 0 radical (unpaired) electrons. The summed E-state index contributed by atoms with van der Waals surface area (Å²) in [4.78, 5) is 33.7. The third kappa shape index (κ3) is 5.06. The van der Waals surface area contributed by atoms with Crippen molar-refractivity contribution in [2.24, 2.45) is 0 Å². The maximum absolute atomic E-state index is 11.8. The highest BCUT2D eigenvalue weighted by Crippen LogP contribution is 2.25. The molecule has 0 unspecified atom stereocenters. The molecule has 0 spiro atoms. The molecule has 0 atom stereocenters. The van der Waals surface area contributed by atoms with Crippen LogP contribution in [0.5, 0.6) is 0 Å². The van der Waals surface area contributed by atoms with Crippen LogP contribution in [-0.2, 0) is 9.59 Å². The first kappa shape index (κ1) is 16.3. The number of halogens is 2. The molecular weight excluding hydrogens is 355 g/mol. The summed E-state index contributed by atoms with van der Waals surface area (Å²) in [5, 5.41) is 20.1. The minimum atomic E-state index is -1.31. The molecule has 20 heavy (non-hydrogen) atoms. The monoisotopic (exact) mass is 364 g/mol. The maximum Gasteiger partial charge on any atom is 0.323 e. The zero-order valence-electron chi connectivity index (χ0n) is 9.97. The van der Waals surface area contributed by atoms with E-state index >= 15 is 0 Å². The summed E-state index contributed by atoms with van der Waals surface area (Å²) in [6.45, 7) is -1.43. The third-order valence-corrected chi connectivity index (χ3v) is 3.32. The topological polar surface area (TPSA) is 107 Å². The molecule has 0 saturated heterocycles. The van der Waals surface area contributed by atoms with Crippen molar-refractivity contribution in [3.05, 3.63) is 27.7 Å². The van der Waals surface area contributed by atoms with Gasteiger partial charge in [0, 0.05) is 10.2 Å². The number of anilines is 1. The molecule has 1 aromatic rings. The number of benzene rings is 1. The molecular formula is C11H10BrClN2O5. The molecule has 1 rings (SSSR count). The molecule has 0 bridgehead atoms. The van der Waals surface area contributed by atoms with Crippen LogP contribution in [0.15, 0.2) is 22.7 Å². The van der Waals surface area contributed by atoms with E-state index in [2.05, 4.69) is 21.2 Å². The van der Waals surface area contributed by atoms with E-state index in [9.17, 15) is 14.4 Å². The number of nitrogens with zero attached hydrogens (tertiary/aromatic N) is 1. The summed E-state index contributed by atoms with van der Waals surface area (Å²) in [5.41, 5.74) is 0.354. The van der Waals surface area contributed by atoms with Gasteiger partial charge in [0.1, 0.15) is 13.1 Å². The Bertz CT molecular complexity index is 536. The van der Waals surface area contributed by atoms with E-state index in [1.165, 1.54) is 18.2 Å². The Labute approximate surface area is 127 Å². The SMILES string of the molecule is O=C(O)CN(CC(=O)O)C(=O)Nc1ccc(Cl)c(Br)c1. The Balaban J connectivity index is 2.81. The molecule has 0 aliphatic rings. The minimum Gasteiger partial charge on any atom is -0.480 e. The number of carbonyl (C=O) groups is 3. The van der Waals surface area contributed by atoms with Crippen LogP contribution < -0.4 is 5.32 Å². The molecule has 0 aliphatic heterocycles. The van der Waals surface area contributed by atoms with E-state index in [1.807, 2.05) is 0 Å². The van der Waals surface area contributed by atoms with Crippen molar-refractivity contribution in [2.75, 3.05) is 18.4 Å². The molecule has 2 amide bonds. The van der Waals surface area contributed by atoms with E-state index in [0.29, 0.717) is 20.1 Å². The maximum atomic E-state index is 11.8. The highest BCUT2D eigenvalue weighted by Gasteiger charge is 2.19. The van der Waals surface area contributed by atoms with Gasteiger partial charge in [0.05, 0.1) is 5.02 Å². The van der Waals surface area contributed by atoms with Crippen molar-refractivity contribution in [3.63, 3.8) is 0 Å². The smallest absolute Gasteiger partial charge is 0.323 e. The van der Waals surface area contributed by atoms with Crippen LogP contribution in [0, 0.1) is 0 Å². The molecule has 0 aromatic heterocycles. The van der Waals surface area contributed by atoms with Crippen LogP contribution in [0.3, 0.4) is 0 Å². The predicted molar refractivity (Wildman–Crippen MR) is 75.0 cm³/mol. The number of amides is 2. The van der Waals surface area contributed by atoms with Gasteiger partial charge in [0.25, 0.3) is 0 Å². The molecule has 0 fully saturated rings. The quantitative estimate of drug-likeness (QED) is 0.741. The molecule has 0 saturated carbocycles. The largest absolute Gasteiger partial charge is 0.480 e. The lowest BCUT2D eigenvalue weighted by atomic mass is 10.3. The summed E-state index contributed by atoms with van der Waals surface area (Å²) in [7, 11) is 0. The lowest BCUT2D eigenvalue weighted by Crippen LogP contribution is -2.41. The summed E-state index contributed by atoms with van der Waals surface area (Å²) in [6.07, 6.45) is 0. The van der Waals surface area contributed by atoms with E-state index in [-0.39, 0.29) is 0 Å². The normalized spacial score (nSPS) is 9.90. The predicted octanol–water partition coefficient (Wildman–Crippen LogP) is 2.11. The summed E-state index contributed by atoms with van der Waals surface area (Å²) < 4.78 is 0.542. The van der Waals surface area contributed by atoms with Gasteiger partial charge in [0.2, 0.25) is 0 Å². The van der Waals surface area contributed by atoms with Gasteiger partial charge in [-0.2, -0.15) is 0 Å². The summed E-state index contributed by atoms with van der Waals surface area (Å²) >= 11 is 8.96. The second kappa shape index (κ2) is 7.11. The first-order valence-electron chi connectivity index (χ1n) is 5.24. The Hall–Kier alpha value is -1.80. The Kier molecular flexibility index (Phi) is 5.78. The van der Waals surface area contributed by atoms with E-state index in [4.69, 9.17) is 21.8 Å². The average Bonchev–Trinajstić information content (AvgIpc) is 2.32. The minimum absolute atomic E-state index is 0.354.